The molecule has 0 atom stereocenters. The number of nitrogens with zero attached hydrogens (tertiary/aromatic N) is 4. The van der Waals surface area contributed by atoms with E-state index >= 15 is 0 Å². The van der Waals surface area contributed by atoms with Crippen molar-refractivity contribution in [3.05, 3.63) is 69.7 Å². The Bertz CT molecular complexity index is 1380. The van der Waals surface area contributed by atoms with Gasteiger partial charge in [-0.25, -0.2) is 9.36 Å². The quantitative estimate of drug-likeness (QED) is 0.481. The number of amides is 1. The van der Waals surface area contributed by atoms with Gasteiger partial charge in [0.15, 0.2) is 0 Å². The zero-order valence-corrected chi connectivity index (χ0v) is 18.4. The predicted octanol–water partition coefficient (Wildman–Crippen LogP) is 3.20. The largest absolute Gasteiger partial charge is 0.497 e. The van der Waals surface area contributed by atoms with Crippen LogP contribution in [0.3, 0.4) is 0 Å². The van der Waals surface area contributed by atoms with Crippen molar-refractivity contribution in [3.63, 3.8) is 0 Å². The van der Waals surface area contributed by atoms with Crippen LogP contribution in [-0.4, -0.2) is 39.7 Å². The third-order valence-corrected chi connectivity index (χ3v) is 5.13. The first-order valence-corrected chi connectivity index (χ1v) is 10.0. The molecule has 0 saturated carbocycles. The second-order valence-electron chi connectivity index (χ2n) is 6.96. The Labute approximate surface area is 188 Å². The number of rotatable bonds is 6. The molecule has 0 fully saturated rings. The van der Waals surface area contributed by atoms with Gasteiger partial charge in [-0.15, -0.1) is 0 Å². The van der Waals surface area contributed by atoms with E-state index in [4.69, 9.17) is 21.1 Å². The van der Waals surface area contributed by atoms with Crippen molar-refractivity contribution in [2.24, 2.45) is 0 Å². The van der Waals surface area contributed by atoms with E-state index in [9.17, 15) is 9.59 Å². The smallest absolute Gasteiger partial charge is 0.293 e. The van der Waals surface area contributed by atoms with Gasteiger partial charge in [0, 0.05) is 16.5 Å². The number of aryl methyl sites for hydroxylation is 1. The van der Waals surface area contributed by atoms with Gasteiger partial charge in [0.25, 0.3) is 5.56 Å². The fraction of sp³-hybridized carbons (Fsp3) is 0.182. The molecule has 164 valence electrons. The molecule has 0 bridgehead atoms. The number of hydrogen-bond donors (Lipinski definition) is 1. The van der Waals surface area contributed by atoms with Crippen molar-refractivity contribution < 1.29 is 14.3 Å². The zero-order valence-electron chi connectivity index (χ0n) is 17.6. The number of methoxy groups -OCH3 is 2. The van der Waals surface area contributed by atoms with Gasteiger partial charge in [-0.3, -0.25) is 9.59 Å². The van der Waals surface area contributed by atoms with E-state index in [0.29, 0.717) is 44.5 Å². The van der Waals surface area contributed by atoms with Crippen molar-refractivity contribution in [1.29, 1.82) is 0 Å². The average molecular weight is 454 g/mol. The van der Waals surface area contributed by atoms with Crippen molar-refractivity contribution >= 4 is 34.1 Å². The molecular formula is C22H20ClN5O4. The molecule has 2 aromatic heterocycles. The molecule has 32 heavy (non-hydrogen) atoms. The summed E-state index contributed by atoms with van der Waals surface area (Å²) < 4.78 is 13.1. The van der Waals surface area contributed by atoms with Crippen LogP contribution in [0.1, 0.15) is 5.69 Å². The summed E-state index contributed by atoms with van der Waals surface area (Å²) in [5, 5.41) is 12.5. The Morgan fingerprint density at radius 1 is 1.16 bits per heavy atom. The first-order chi connectivity index (χ1) is 15.4. The van der Waals surface area contributed by atoms with Crippen LogP contribution in [0.4, 0.5) is 5.69 Å². The fourth-order valence-corrected chi connectivity index (χ4v) is 3.54. The van der Waals surface area contributed by atoms with E-state index in [1.807, 2.05) is 0 Å². The van der Waals surface area contributed by atoms with Crippen LogP contribution in [0.2, 0.25) is 5.02 Å². The Morgan fingerprint density at radius 3 is 2.69 bits per heavy atom. The van der Waals surface area contributed by atoms with Crippen molar-refractivity contribution in [2.75, 3.05) is 19.5 Å². The van der Waals surface area contributed by atoms with E-state index in [2.05, 4.69) is 15.5 Å². The number of carbonyl (C=O) groups excluding carboxylic acids is 1. The molecule has 10 heteroatoms. The van der Waals surface area contributed by atoms with Crippen molar-refractivity contribution in [2.45, 2.75) is 13.5 Å². The molecule has 0 radical (unpaired) electrons. The number of anilines is 1. The lowest BCUT2D eigenvalue weighted by atomic mass is 10.2. The third-order valence-electron chi connectivity index (χ3n) is 4.90. The molecule has 2 heterocycles. The van der Waals surface area contributed by atoms with Gasteiger partial charge in [0.05, 0.1) is 37.5 Å². The Hall–Kier alpha value is -3.85. The van der Waals surface area contributed by atoms with Gasteiger partial charge < -0.3 is 14.8 Å². The standard InChI is InChI=1S/C22H20ClN5O4/c1-13-17-11-24-28(15-6-4-5-14(23)9-15)21(17)22(30)27(26-13)12-20(29)25-18-8-7-16(31-2)10-19(18)32-3/h4-11H,12H2,1-3H3,(H,25,29). The van der Waals surface area contributed by atoms with Crippen LogP contribution in [-0.2, 0) is 11.3 Å². The maximum Gasteiger partial charge on any atom is 0.293 e. The summed E-state index contributed by atoms with van der Waals surface area (Å²) in [5.41, 5.74) is 1.53. The topological polar surface area (TPSA) is 100 Å². The molecule has 0 spiro atoms. The lowest BCUT2D eigenvalue weighted by Crippen LogP contribution is -2.31. The molecule has 1 N–H and O–H groups in total. The lowest BCUT2D eigenvalue weighted by Gasteiger charge is -2.12. The Kier molecular flexibility index (Phi) is 5.83. The summed E-state index contributed by atoms with van der Waals surface area (Å²) in [5.74, 6) is 0.590. The van der Waals surface area contributed by atoms with Crippen LogP contribution in [0.15, 0.2) is 53.5 Å². The number of halogens is 1. The van der Waals surface area contributed by atoms with Crippen LogP contribution in [0, 0.1) is 6.92 Å². The molecule has 9 nitrogen and oxygen atoms in total. The van der Waals surface area contributed by atoms with E-state index in [-0.39, 0.29) is 6.54 Å². The molecule has 0 saturated heterocycles. The molecule has 0 aliphatic heterocycles. The van der Waals surface area contributed by atoms with Gasteiger partial charge >= 0.3 is 0 Å². The van der Waals surface area contributed by atoms with Crippen LogP contribution in [0.5, 0.6) is 11.5 Å². The molecule has 4 aromatic rings. The SMILES string of the molecule is COc1ccc(NC(=O)Cn2nc(C)c3cnn(-c4cccc(Cl)c4)c3c2=O)c(OC)c1. The second kappa shape index (κ2) is 8.72. The highest BCUT2D eigenvalue weighted by atomic mass is 35.5. The van der Waals surface area contributed by atoms with Crippen molar-refractivity contribution in [3.8, 4) is 17.2 Å². The van der Waals surface area contributed by atoms with Gasteiger partial charge in [0.2, 0.25) is 5.91 Å². The summed E-state index contributed by atoms with van der Waals surface area (Å²) in [7, 11) is 3.03. The van der Waals surface area contributed by atoms with Crippen LogP contribution >= 0.6 is 11.6 Å². The summed E-state index contributed by atoms with van der Waals surface area (Å²) in [6.07, 6.45) is 1.58. The fourth-order valence-electron chi connectivity index (χ4n) is 3.36. The van der Waals surface area contributed by atoms with E-state index in [0.717, 1.165) is 4.68 Å². The Morgan fingerprint density at radius 2 is 1.97 bits per heavy atom. The number of aromatic nitrogens is 4. The maximum atomic E-state index is 13.2. The maximum absolute atomic E-state index is 13.2. The number of carbonyl (C=O) groups is 1. The summed E-state index contributed by atoms with van der Waals surface area (Å²) in [4.78, 5) is 25.9. The number of ether oxygens (including phenoxy) is 2. The van der Waals surface area contributed by atoms with Gasteiger partial charge in [-0.05, 0) is 37.3 Å². The average Bonchev–Trinajstić information content (AvgIpc) is 3.23. The summed E-state index contributed by atoms with van der Waals surface area (Å²) in [6.45, 7) is 1.47. The highest BCUT2D eigenvalue weighted by molar-refractivity contribution is 6.30. The zero-order chi connectivity index (χ0) is 22.8. The minimum Gasteiger partial charge on any atom is -0.497 e. The third kappa shape index (κ3) is 4.02. The number of benzene rings is 2. The molecule has 2 aromatic carbocycles. The highest BCUT2D eigenvalue weighted by Crippen LogP contribution is 2.29. The first kappa shape index (κ1) is 21.4. The second-order valence-corrected chi connectivity index (χ2v) is 7.40. The van der Waals surface area contributed by atoms with E-state index in [1.54, 1.807) is 55.6 Å². The molecule has 4 rings (SSSR count). The summed E-state index contributed by atoms with van der Waals surface area (Å²) >= 11 is 6.10. The molecule has 0 aliphatic carbocycles. The summed E-state index contributed by atoms with van der Waals surface area (Å²) in [6, 6.07) is 12.0. The van der Waals surface area contributed by atoms with Crippen LogP contribution in [0.25, 0.3) is 16.6 Å². The van der Waals surface area contributed by atoms with E-state index in [1.165, 1.54) is 18.9 Å². The molecule has 1 amide bonds. The number of hydrogen-bond acceptors (Lipinski definition) is 6. The minimum atomic E-state index is -0.445. The minimum absolute atomic E-state index is 0.286. The van der Waals surface area contributed by atoms with Gasteiger partial charge in [-0.2, -0.15) is 10.2 Å². The first-order valence-electron chi connectivity index (χ1n) is 9.64. The lowest BCUT2D eigenvalue weighted by molar-refractivity contribution is -0.117. The number of fused-ring (bicyclic) bond motifs is 1. The number of nitrogens with one attached hydrogen (secondary N) is 1. The monoisotopic (exact) mass is 453 g/mol. The highest BCUT2D eigenvalue weighted by Gasteiger charge is 2.17. The Balaban J connectivity index is 1.68. The molecule has 0 unspecified atom stereocenters. The van der Waals surface area contributed by atoms with Gasteiger partial charge in [-0.1, -0.05) is 17.7 Å². The predicted molar refractivity (Wildman–Crippen MR) is 121 cm³/mol. The normalized spacial score (nSPS) is 10.9. The van der Waals surface area contributed by atoms with Gasteiger partial charge in [0.1, 0.15) is 23.6 Å². The van der Waals surface area contributed by atoms with Crippen LogP contribution < -0.4 is 20.3 Å². The molecule has 0 aliphatic rings. The van der Waals surface area contributed by atoms with E-state index < -0.39 is 11.5 Å². The molecular weight excluding hydrogens is 434 g/mol. The van der Waals surface area contributed by atoms with Crippen molar-refractivity contribution in [1.82, 2.24) is 19.6 Å².